The molecule has 0 bridgehead atoms. The highest BCUT2D eigenvalue weighted by Gasteiger charge is 2.52. The van der Waals surface area contributed by atoms with E-state index in [-0.39, 0.29) is 38.1 Å². The molecule has 198 valence electrons. The van der Waals surface area contributed by atoms with E-state index < -0.39 is 30.1 Å². The fraction of sp³-hybridized carbons (Fsp3) is 0.481. The van der Waals surface area contributed by atoms with Crippen LogP contribution in [0.25, 0.3) is 0 Å². The topological polar surface area (TPSA) is 142 Å². The number of hydrogen-bond donors (Lipinski definition) is 4. The second kappa shape index (κ2) is 10.6. The average Bonchev–Trinajstić information content (AvgIpc) is 3.53. The maximum atomic E-state index is 13.6. The van der Waals surface area contributed by atoms with Crippen LogP contribution < -0.4 is 14.8 Å². The van der Waals surface area contributed by atoms with Crippen LogP contribution >= 0.6 is 0 Å². The highest BCUT2D eigenvalue weighted by molar-refractivity contribution is 5.96. The lowest BCUT2D eigenvalue weighted by Gasteiger charge is -2.42. The normalized spacial score (nSPS) is 24.3. The molecule has 0 saturated heterocycles. The molecule has 2 aromatic rings. The Kier molecular flexibility index (Phi) is 7.23. The molecule has 37 heavy (non-hydrogen) atoms. The Bertz CT molecular complexity index is 1170. The monoisotopic (exact) mass is 512 g/mol. The third-order valence-corrected chi connectivity index (χ3v) is 7.53. The molecule has 1 saturated carbocycles. The number of fused-ring (bicyclic) bond motifs is 3. The molecule has 2 heterocycles. The Morgan fingerprint density at radius 2 is 2.03 bits per heavy atom. The van der Waals surface area contributed by atoms with Gasteiger partial charge in [-0.25, -0.2) is 0 Å². The fourth-order valence-corrected chi connectivity index (χ4v) is 5.42. The minimum Gasteiger partial charge on any atom is -0.493 e. The van der Waals surface area contributed by atoms with E-state index in [4.69, 9.17) is 13.9 Å². The van der Waals surface area contributed by atoms with Gasteiger partial charge in [-0.1, -0.05) is 6.42 Å². The van der Waals surface area contributed by atoms with Crippen LogP contribution in [0.4, 0.5) is 0 Å². The van der Waals surface area contributed by atoms with E-state index in [0.717, 1.165) is 24.8 Å². The molecule has 4 unspecified atom stereocenters. The van der Waals surface area contributed by atoms with Crippen molar-refractivity contribution in [2.75, 3.05) is 20.3 Å². The van der Waals surface area contributed by atoms with Crippen molar-refractivity contribution in [3.63, 3.8) is 0 Å². The van der Waals surface area contributed by atoms with Crippen molar-refractivity contribution >= 4 is 11.8 Å². The van der Waals surface area contributed by atoms with Crippen LogP contribution in [0.5, 0.6) is 11.5 Å². The maximum absolute atomic E-state index is 13.6. The van der Waals surface area contributed by atoms with Crippen molar-refractivity contribution in [1.29, 1.82) is 0 Å². The lowest BCUT2D eigenvalue weighted by atomic mass is 9.76. The molecule has 2 aliphatic carbocycles. The van der Waals surface area contributed by atoms with E-state index >= 15 is 0 Å². The minimum atomic E-state index is -1.15. The molecule has 5 rings (SSSR count). The maximum Gasteiger partial charge on any atom is 0.247 e. The number of amides is 2. The summed E-state index contributed by atoms with van der Waals surface area (Å²) in [4.78, 5) is 28.5. The van der Waals surface area contributed by atoms with Crippen molar-refractivity contribution in [3.05, 3.63) is 59.1 Å². The predicted octanol–water partition coefficient (Wildman–Crippen LogP) is 1.23. The van der Waals surface area contributed by atoms with Gasteiger partial charge < -0.3 is 39.4 Å². The number of nitrogens with zero attached hydrogens (tertiary/aromatic N) is 1. The zero-order valence-corrected chi connectivity index (χ0v) is 20.6. The van der Waals surface area contributed by atoms with Crippen LogP contribution in [0.3, 0.4) is 0 Å². The Morgan fingerprint density at radius 3 is 2.65 bits per heavy atom. The first-order valence-corrected chi connectivity index (χ1v) is 12.6. The lowest BCUT2D eigenvalue weighted by Crippen LogP contribution is -2.56. The largest absolute Gasteiger partial charge is 0.493 e. The molecule has 0 radical (unpaired) electrons. The van der Waals surface area contributed by atoms with Crippen molar-refractivity contribution in [1.82, 2.24) is 10.2 Å². The van der Waals surface area contributed by atoms with Gasteiger partial charge in [0.15, 0.2) is 11.5 Å². The van der Waals surface area contributed by atoms with Gasteiger partial charge in [0.2, 0.25) is 11.8 Å². The number of furan rings is 1. The average molecular weight is 513 g/mol. The molecule has 4 N–H and O–H groups in total. The fourth-order valence-electron chi connectivity index (χ4n) is 5.42. The number of aliphatic hydroxyl groups excluding tert-OH is 3. The first-order valence-electron chi connectivity index (χ1n) is 12.6. The molecule has 1 aromatic heterocycles. The van der Waals surface area contributed by atoms with Gasteiger partial charge in [-0.3, -0.25) is 9.59 Å². The van der Waals surface area contributed by atoms with Gasteiger partial charge in [0, 0.05) is 35.7 Å². The summed E-state index contributed by atoms with van der Waals surface area (Å²) in [5, 5.41) is 33.4. The van der Waals surface area contributed by atoms with Gasteiger partial charge in [0.05, 0.1) is 44.8 Å². The summed E-state index contributed by atoms with van der Waals surface area (Å²) in [5.41, 5.74) is 2.28. The number of hydrogen-bond acceptors (Lipinski definition) is 8. The summed E-state index contributed by atoms with van der Waals surface area (Å²) in [6.07, 6.45) is 5.25. The Balaban J connectivity index is 1.59. The molecule has 1 fully saturated rings. The minimum absolute atomic E-state index is 0.0498. The number of benzene rings is 1. The Hall–Kier alpha value is -3.34. The molecular formula is C27H32N2O8. The molecule has 4 atom stereocenters. The molecule has 10 nitrogen and oxygen atoms in total. The predicted molar refractivity (Wildman–Crippen MR) is 131 cm³/mol. The van der Waals surface area contributed by atoms with Crippen molar-refractivity contribution in [2.45, 2.75) is 56.6 Å². The van der Waals surface area contributed by atoms with Crippen molar-refractivity contribution in [2.24, 2.45) is 5.92 Å². The van der Waals surface area contributed by atoms with E-state index in [1.54, 1.807) is 35.4 Å². The molecule has 1 aromatic carbocycles. The van der Waals surface area contributed by atoms with Gasteiger partial charge in [-0.2, -0.15) is 0 Å². The third-order valence-electron chi connectivity index (χ3n) is 7.53. The number of carbonyl (C=O) groups excluding carboxylic acids is 2. The second-order valence-corrected chi connectivity index (χ2v) is 9.74. The van der Waals surface area contributed by atoms with Gasteiger partial charge in [0.1, 0.15) is 12.2 Å². The van der Waals surface area contributed by atoms with Gasteiger partial charge >= 0.3 is 0 Å². The first-order chi connectivity index (χ1) is 18.0. The smallest absolute Gasteiger partial charge is 0.247 e. The summed E-state index contributed by atoms with van der Waals surface area (Å²) in [5.74, 6) is -0.527. The van der Waals surface area contributed by atoms with E-state index in [0.29, 0.717) is 28.2 Å². The van der Waals surface area contributed by atoms with Crippen LogP contribution in [0.1, 0.15) is 41.9 Å². The van der Waals surface area contributed by atoms with Gasteiger partial charge in [-0.05, 0) is 42.7 Å². The summed E-state index contributed by atoms with van der Waals surface area (Å²) >= 11 is 0. The molecule has 2 amide bonds. The van der Waals surface area contributed by atoms with Crippen LogP contribution in [0.15, 0.2) is 46.8 Å². The Morgan fingerprint density at radius 1 is 1.22 bits per heavy atom. The summed E-state index contributed by atoms with van der Waals surface area (Å²) in [6, 6.07) is 4.32. The third kappa shape index (κ3) is 4.60. The van der Waals surface area contributed by atoms with Crippen LogP contribution in [-0.2, 0) is 22.7 Å². The second-order valence-electron chi connectivity index (χ2n) is 9.74. The lowest BCUT2D eigenvalue weighted by molar-refractivity contribution is -0.145. The SMILES string of the molecule is COc1cc(CO)cc2c1OC1C2C(C(=O)NCCO)=CC(N(Cc2ccoc2)C(=O)C2CCC2)C1O. The zero-order valence-electron chi connectivity index (χ0n) is 20.6. The highest BCUT2D eigenvalue weighted by atomic mass is 16.5. The van der Waals surface area contributed by atoms with Crippen LogP contribution in [-0.4, -0.2) is 70.5 Å². The van der Waals surface area contributed by atoms with Crippen LogP contribution in [0, 0.1) is 5.92 Å². The molecule has 1 aliphatic heterocycles. The zero-order chi connectivity index (χ0) is 26.1. The van der Waals surface area contributed by atoms with E-state index in [1.807, 2.05) is 0 Å². The number of nitrogens with one attached hydrogen (secondary N) is 1. The number of methoxy groups -OCH3 is 1. The number of ether oxygens (including phenoxy) is 2. The highest BCUT2D eigenvalue weighted by Crippen LogP contribution is 2.51. The van der Waals surface area contributed by atoms with E-state index in [1.165, 1.54) is 13.4 Å². The van der Waals surface area contributed by atoms with Gasteiger partial charge in [0.25, 0.3) is 0 Å². The quantitative estimate of drug-likeness (QED) is 0.393. The van der Waals surface area contributed by atoms with Crippen molar-refractivity contribution in [3.8, 4) is 11.5 Å². The summed E-state index contributed by atoms with van der Waals surface area (Å²) < 4.78 is 16.9. The standard InChI is InChI=1S/C27H32N2O8/c1-35-21-10-16(13-31)9-18-22-19(26(33)28-6-7-30)11-20(23(32)25(22)37-24(18)21)29(12-15-5-8-36-14-15)27(34)17-3-2-4-17/h5,8-11,14,17,20,22-23,25,30-32H,2-4,6-7,12-13H2,1H3,(H,28,33). The molecule has 3 aliphatic rings. The van der Waals surface area contributed by atoms with E-state index in [9.17, 15) is 24.9 Å². The Labute approximate surface area is 214 Å². The van der Waals surface area contributed by atoms with Crippen LogP contribution in [0.2, 0.25) is 0 Å². The molecule has 10 heteroatoms. The number of aliphatic hydroxyl groups is 3. The number of carbonyl (C=O) groups is 2. The van der Waals surface area contributed by atoms with Crippen molar-refractivity contribution < 1.29 is 38.8 Å². The first kappa shape index (κ1) is 25.3. The van der Waals surface area contributed by atoms with Gasteiger partial charge in [-0.15, -0.1) is 0 Å². The summed E-state index contributed by atoms with van der Waals surface area (Å²) in [6.45, 7) is -0.218. The van der Waals surface area contributed by atoms with E-state index in [2.05, 4.69) is 5.32 Å². The molecular weight excluding hydrogens is 480 g/mol. The molecule has 0 spiro atoms. The summed E-state index contributed by atoms with van der Waals surface area (Å²) in [7, 11) is 1.48. The number of rotatable bonds is 9.